The van der Waals surface area contributed by atoms with Gasteiger partial charge in [-0.1, -0.05) is 31.6 Å². The fourth-order valence-corrected chi connectivity index (χ4v) is 8.68. The van der Waals surface area contributed by atoms with Gasteiger partial charge in [0.05, 0.1) is 5.60 Å². The molecule has 0 bridgehead atoms. The number of hydrogen-bond acceptors (Lipinski definition) is 3. The van der Waals surface area contributed by atoms with Gasteiger partial charge in [-0.2, -0.15) is 0 Å². The van der Waals surface area contributed by atoms with Crippen LogP contribution in [0.25, 0.3) is 0 Å². The number of fused-ring (bicyclic) bond motifs is 5. The van der Waals surface area contributed by atoms with Gasteiger partial charge in [-0.25, -0.2) is 0 Å². The highest BCUT2D eigenvalue weighted by atomic mass is 16.5. The Morgan fingerprint density at radius 1 is 1.09 bits per heavy atom. The van der Waals surface area contributed by atoms with Gasteiger partial charge in [0, 0.05) is 44.1 Å². The van der Waals surface area contributed by atoms with Gasteiger partial charge in [-0.15, -0.1) is 0 Å². The first-order valence-corrected chi connectivity index (χ1v) is 13.2. The minimum atomic E-state index is 0.0809. The molecule has 3 nitrogen and oxygen atoms in total. The van der Waals surface area contributed by atoms with Crippen LogP contribution < -0.4 is 4.90 Å². The van der Waals surface area contributed by atoms with Crippen molar-refractivity contribution in [1.29, 1.82) is 0 Å². The van der Waals surface area contributed by atoms with Gasteiger partial charge in [-0.05, 0) is 97.6 Å². The molecule has 3 heteroatoms. The number of allylic oxidation sites excluding steroid dienone is 4. The van der Waals surface area contributed by atoms with Crippen LogP contribution in [0.5, 0.6) is 0 Å². The highest BCUT2D eigenvalue weighted by molar-refractivity contribution is 5.93. The molecule has 3 fully saturated rings. The van der Waals surface area contributed by atoms with Crippen molar-refractivity contribution in [2.75, 3.05) is 25.6 Å². The Hall–Kier alpha value is -1.87. The minimum absolute atomic E-state index is 0.0809. The van der Waals surface area contributed by atoms with E-state index in [0.29, 0.717) is 35.9 Å². The molecule has 2 saturated carbocycles. The highest BCUT2D eigenvalue weighted by Gasteiger charge is 2.64. The molecule has 6 atom stereocenters. The molecule has 6 rings (SSSR count). The molecule has 33 heavy (non-hydrogen) atoms. The Morgan fingerprint density at radius 2 is 1.88 bits per heavy atom. The summed E-state index contributed by atoms with van der Waals surface area (Å²) in [5, 5.41) is 0. The third-order valence-corrected chi connectivity index (χ3v) is 10.3. The van der Waals surface area contributed by atoms with Gasteiger partial charge in [0.25, 0.3) is 0 Å². The lowest BCUT2D eigenvalue weighted by Gasteiger charge is -2.56. The van der Waals surface area contributed by atoms with Crippen LogP contribution in [0, 0.1) is 23.2 Å². The number of carbonyl (C=O) groups excluding carboxylic acids is 1. The van der Waals surface area contributed by atoms with E-state index < -0.39 is 0 Å². The third kappa shape index (κ3) is 3.07. The van der Waals surface area contributed by atoms with Crippen LogP contribution in [0.3, 0.4) is 0 Å². The predicted octanol–water partition coefficient (Wildman–Crippen LogP) is 6.45. The van der Waals surface area contributed by atoms with Crippen LogP contribution >= 0.6 is 0 Å². The van der Waals surface area contributed by atoms with Crippen molar-refractivity contribution in [1.82, 2.24) is 0 Å². The van der Waals surface area contributed by atoms with E-state index in [4.69, 9.17) is 4.74 Å². The van der Waals surface area contributed by atoms with Crippen LogP contribution in [0.4, 0.5) is 5.69 Å². The van der Waals surface area contributed by atoms with Crippen LogP contribution in [-0.2, 0) is 9.53 Å². The summed E-state index contributed by atoms with van der Waals surface area (Å²) >= 11 is 0. The number of ketones is 1. The lowest BCUT2D eigenvalue weighted by atomic mass is 9.50. The summed E-state index contributed by atoms with van der Waals surface area (Å²) in [5.41, 5.74) is 7.63. The number of nitrogens with zero attached hydrogens (tertiary/aromatic N) is 1. The SMILES string of the molecule is C[C@H]1C[C@@H]2C(=C3CCC(=O)C=C31)[C@@H](c1ccc(N(C)C)cc1)C[C@@]1(C)[C@H]2CCC12CCCO2. The largest absolute Gasteiger partial charge is 0.378 e. The number of ether oxygens (including phenoxy) is 1. The maximum Gasteiger partial charge on any atom is 0.156 e. The van der Waals surface area contributed by atoms with Crippen molar-refractivity contribution in [2.24, 2.45) is 23.2 Å². The van der Waals surface area contributed by atoms with E-state index >= 15 is 0 Å². The number of benzene rings is 1. The van der Waals surface area contributed by atoms with Crippen LogP contribution in [0.1, 0.15) is 76.7 Å². The summed E-state index contributed by atoms with van der Waals surface area (Å²) in [6.07, 6.45) is 11.0. The van der Waals surface area contributed by atoms with Gasteiger partial charge in [0.15, 0.2) is 5.78 Å². The van der Waals surface area contributed by atoms with Crippen LogP contribution in [-0.4, -0.2) is 32.1 Å². The van der Waals surface area contributed by atoms with E-state index in [-0.39, 0.29) is 11.0 Å². The van der Waals surface area contributed by atoms with E-state index in [9.17, 15) is 4.79 Å². The third-order valence-electron chi connectivity index (χ3n) is 10.3. The van der Waals surface area contributed by atoms with E-state index in [1.165, 1.54) is 55.3 Å². The summed E-state index contributed by atoms with van der Waals surface area (Å²) in [6.45, 7) is 5.89. The first-order valence-electron chi connectivity index (χ1n) is 13.2. The molecule has 1 saturated heterocycles. The predicted molar refractivity (Wildman–Crippen MR) is 133 cm³/mol. The Labute approximate surface area is 199 Å². The topological polar surface area (TPSA) is 29.5 Å². The summed E-state index contributed by atoms with van der Waals surface area (Å²) in [7, 11) is 4.22. The first-order chi connectivity index (χ1) is 15.8. The molecule has 1 spiro atoms. The van der Waals surface area contributed by atoms with Crippen molar-refractivity contribution in [3.63, 3.8) is 0 Å². The zero-order valence-electron chi connectivity index (χ0n) is 20.8. The van der Waals surface area contributed by atoms with Crippen molar-refractivity contribution < 1.29 is 9.53 Å². The zero-order chi connectivity index (χ0) is 23.0. The fourth-order valence-electron chi connectivity index (χ4n) is 8.68. The van der Waals surface area contributed by atoms with E-state index in [0.717, 1.165) is 13.0 Å². The van der Waals surface area contributed by atoms with Gasteiger partial charge in [0.2, 0.25) is 0 Å². The monoisotopic (exact) mass is 445 g/mol. The normalized spacial score (nSPS) is 39.9. The van der Waals surface area contributed by atoms with Crippen molar-refractivity contribution in [3.05, 3.63) is 52.6 Å². The molecule has 0 amide bonds. The molecule has 176 valence electrons. The van der Waals surface area contributed by atoms with Gasteiger partial charge >= 0.3 is 0 Å². The Morgan fingerprint density at radius 3 is 2.58 bits per heavy atom. The van der Waals surface area contributed by atoms with Gasteiger partial charge in [-0.3, -0.25) is 4.79 Å². The highest BCUT2D eigenvalue weighted by Crippen LogP contribution is 2.69. The first kappa shape index (κ1) is 21.6. The summed E-state index contributed by atoms with van der Waals surface area (Å²) in [5.74, 6) is 2.58. The smallest absolute Gasteiger partial charge is 0.156 e. The average Bonchev–Trinajstić information content (AvgIpc) is 3.39. The molecule has 1 aromatic carbocycles. The van der Waals surface area contributed by atoms with E-state index in [1.807, 2.05) is 6.08 Å². The second-order valence-electron chi connectivity index (χ2n) is 12.0. The molecule has 1 unspecified atom stereocenters. The average molecular weight is 446 g/mol. The zero-order valence-corrected chi connectivity index (χ0v) is 20.8. The molecule has 1 aromatic rings. The summed E-state index contributed by atoms with van der Waals surface area (Å²) in [4.78, 5) is 14.5. The molecule has 0 radical (unpaired) electrons. The minimum Gasteiger partial charge on any atom is -0.378 e. The maximum atomic E-state index is 12.4. The molecule has 1 heterocycles. The summed E-state index contributed by atoms with van der Waals surface area (Å²) in [6, 6.07) is 9.32. The lowest BCUT2D eigenvalue weighted by Crippen LogP contribution is -2.51. The molecule has 1 aliphatic heterocycles. The molecule has 0 N–H and O–H groups in total. The second kappa shape index (κ2) is 7.57. The number of hydrogen-bond donors (Lipinski definition) is 0. The quantitative estimate of drug-likeness (QED) is 0.524. The second-order valence-corrected chi connectivity index (χ2v) is 12.0. The molecule has 4 aliphatic carbocycles. The fraction of sp³-hybridized carbons (Fsp3) is 0.633. The van der Waals surface area contributed by atoms with E-state index in [1.54, 1.807) is 11.1 Å². The maximum absolute atomic E-state index is 12.4. The summed E-state index contributed by atoms with van der Waals surface area (Å²) < 4.78 is 6.66. The van der Waals surface area contributed by atoms with Crippen LogP contribution in [0.2, 0.25) is 0 Å². The number of carbonyl (C=O) groups is 1. The number of rotatable bonds is 2. The van der Waals surface area contributed by atoms with Crippen molar-refractivity contribution >= 4 is 11.5 Å². The number of anilines is 1. The Kier molecular flexibility index (Phi) is 4.96. The molecular weight excluding hydrogens is 406 g/mol. The Balaban J connectivity index is 1.51. The van der Waals surface area contributed by atoms with Crippen molar-refractivity contribution in [2.45, 2.75) is 76.7 Å². The lowest BCUT2D eigenvalue weighted by molar-refractivity contribution is -0.115. The molecule has 5 aliphatic rings. The Bertz CT molecular complexity index is 1030. The van der Waals surface area contributed by atoms with Gasteiger partial charge in [0.1, 0.15) is 0 Å². The van der Waals surface area contributed by atoms with Gasteiger partial charge < -0.3 is 9.64 Å². The molecule has 0 aromatic heterocycles. The standard InChI is InChI=1S/C30H39NO2/c1-19-16-25-27-12-14-30(13-5-15-33-30)29(27,2)18-26(20-6-8-21(9-7-20)31(3)4)28(25)23-11-10-22(32)17-24(19)23/h6-9,17,19,25-27H,5,10-16,18H2,1-4H3/t19-,25-,26+,27-,29-,30?/m0/s1. The van der Waals surface area contributed by atoms with Crippen molar-refractivity contribution in [3.8, 4) is 0 Å². The van der Waals surface area contributed by atoms with Crippen LogP contribution in [0.15, 0.2) is 47.1 Å². The van der Waals surface area contributed by atoms with E-state index in [2.05, 4.69) is 57.1 Å². The molecular formula is C30H39NO2.